The number of benzene rings is 3. The largest absolute Gasteiger partial charge is 0.511 e. The van der Waals surface area contributed by atoms with Crippen molar-refractivity contribution in [2.24, 2.45) is 17.6 Å². The zero-order valence-electron chi connectivity index (χ0n) is 24.5. The van der Waals surface area contributed by atoms with Gasteiger partial charge in [-0.3, -0.25) is 14.4 Å². The molecule has 1 amide bonds. The number of aromatic hydroxyl groups is 1. The molecule has 226 valence electrons. The predicted molar refractivity (Wildman–Crippen MR) is 164 cm³/mol. The number of nitrogens with two attached hydrogens (primary N) is 1. The summed E-state index contributed by atoms with van der Waals surface area (Å²) in [6.45, 7) is 2.15. The van der Waals surface area contributed by atoms with Crippen LogP contribution in [0.5, 0.6) is 5.75 Å². The van der Waals surface area contributed by atoms with Gasteiger partial charge in [0, 0.05) is 17.9 Å². The van der Waals surface area contributed by atoms with Gasteiger partial charge in [0.2, 0.25) is 5.78 Å². The number of carbonyl (C=O) groups excluding carboxylic acids is 3. The van der Waals surface area contributed by atoms with Crippen LogP contribution in [0.2, 0.25) is 0 Å². The van der Waals surface area contributed by atoms with Gasteiger partial charge in [0.05, 0.1) is 5.56 Å². The minimum atomic E-state index is -2.57. The monoisotopic (exact) mass is 593 g/mol. The number of Topliss-reactive ketones (excluding diaryl/α,β-unsaturated/α-hetero) is 2. The SMILES string of the molecule is CCc1ccc(CCCc2ccc(-c3ccc(O)c4c3C[C@H]3C[C@H]5CC(O)=C(C(N)=O)C(=O)[C@@]5(O)C(O)=C3C4=O)cc2)cc1. The van der Waals surface area contributed by atoms with Crippen LogP contribution in [0, 0.1) is 11.8 Å². The topological polar surface area (TPSA) is 158 Å². The molecule has 3 aliphatic rings. The molecule has 6 rings (SSSR count). The number of phenols is 1. The zero-order chi connectivity index (χ0) is 31.3. The minimum absolute atomic E-state index is 0.0114. The number of hydrogen-bond acceptors (Lipinski definition) is 7. The molecule has 0 aliphatic heterocycles. The third kappa shape index (κ3) is 4.70. The maximum atomic E-state index is 13.8. The summed E-state index contributed by atoms with van der Waals surface area (Å²) in [7, 11) is 0. The number of aryl methyl sites for hydroxylation is 3. The molecule has 3 aliphatic carbocycles. The molecule has 3 atom stereocenters. The molecular formula is C36H35NO7. The fourth-order valence-corrected chi connectivity index (χ4v) is 7.18. The molecule has 0 saturated carbocycles. The number of fused-ring (bicyclic) bond motifs is 3. The van der Waals surface area contributed by atoms with Crippen LogP contribution in [-0.4, -0.2) is 43.5 Å². The number of ketones is 2. The summed E-state index contributed by atoms with van der Waals surface area (Å²) in [5.41, 5.74) is 7.86. The highest BCUT2D eigenvalue weighted by Crippen LogP contribution is 2.52. The van der Waals surface area contributed by atoms with Crippen molar-refractivity contribution in [3.8, 4) is 16.9 Å². The number of hydrogen-bond donors (Lipinski definition) is 5. The Hall–Kier alpha value is -4.69. The van der Waals surface area contributed by atoms with Crippen molar-refractivity contribution in [1.29, 1.82) is 0 Å². The fraction of sp³-hybridized carbons (Fsp3) is 0.306. The van der Waals surface area contributed by atoms with E-state index in [0.29, 0.717) is 5.56 Å². The Bertz CT molecular complexity index is 1750. The first kappa shape index (κ1) is 29.4. The molecule has 44 heavy (non-hydrogen) atoms. The van der Waals surface area contributed by atoms with E-state index in [9.17, 15) is 34.8 Å². The number of primary amides is 1. The third-order valence-electron chi connectivity index (χ3n) is 9.57. The molecule has 0 unspecified atom stereocenters. The summed E-state index contributed by atoms with van der Waals surface area (Å²) in [6.07, 6.45) is 4.04. The number of allylic oxidation sites excluding steroid dienone is 2. The van der Waals surface area contributed by atoms with Crippen LogP contribution in [-0.2, 0) is 35.3 Å². The van der Waals surface area contributed by atoms with Crippen LogP contribution < -0.4 is 5.73 Å². The van der Waals surface area contributed by atoms with E-state index in [1.54, 1.807) is 6.07 Å². The van der Waals surface area contributed by atoms with Gasteiger partial charge in [0.25, 0.3) is 5.91 Å². The lowest BCUT2D eigenvalue weighted by Gasteiger charge is -2.45. The first-order chi connectivity index (χ1) is 21.0. The van der Waals surface area contributed by atoms with Crippen molar-refractivity contribution in [3.05, 3.63) is 111 Å². The Morgan fingerprint density at radius 3 is 2.11 bits per heavy atom. The molecule has 8 heteroatoms. The molecule has 0 radical (unpaired) electrons. The molecule has 3 aromatic carbocycles. The van der Waals surface area contributed by atoms with Crippen molar-refractivity contribution < 1.29 is 34.8 Å². The van der Waals surface area contributed by atoms with Gasteiger partial charge < -0.3 is 26.2 Å². The Balaban J connectivity index is 1.28. The molecule has 0 spiro atoms. The molecule has 8 nitrogen and oxygen atoms in total. The van der Waals surface area contributed by atoms with E-state index in [0.717, 1.165) is 36.8 Å². The number of aliphatic hydroxyl groups excluding tert-OH is 2. The third-order valence-corrected chi connectivity index (χ3v) is 9.57. The lowest BCUT2D eigenvalue weighted by atomic mass is 9.60. The second kappa shape index (κ2) is 11.1. The first-order valence-corrected chi connectivity index (χ1v) is 15.0. The molecule has 0 fully saturated rings. The summed E-state index contributed by atoms with van der Waals surface area (Å²) >= 11 is 0. The fourth-order valence-electron chi connectivity index (χ4n) is 7.18. The minimum Gasteiger partial charge on any atom is -0.511 e. The quantitative estimate of drug-likeness (QED) is 0.242. The van der Waals surface area contributed by atoms with Gasteiger partial charge in [-0.2, -0.15) is 0 Å². The van der Waals surface area contributed by atoms with Crippen LogP contribution in [0.3, 0.4) is 0 Å². The predicted octanol–water partition coefficient (Wildman–Crippen LogP) is 4.99. The van der Waals surface area contributed by atoms with Gasteiger partial charge >= 0.3 is 0 Å². The van der Waals surface area contributed by atoms with E-state index in [1.165, 1.54) is 22.8 Å². The molecule has 3 aromatic rings. The van der Waals surface area contributed by atoms with E-state index >= 15 is 0 Å². The van der Waals surface area contributed by atoms with E-state index in [2.05, 4.69) is 43.3 Å². The van der Waals surface area contributed by atoms with Gasteiger partial charge in [0.15, 0.2) is 11.4 Å². The lowest BCUT2D eigenvalue weighted by molar-refractivity contribution is -0.144. The molecule has 0 saturated heterocycles. The average molecular weight is 594 g/mol. The Morgan fingerprint density at radius 2 is 1.50 bits per heavy atom. The number of carbonyl (C=O) groups is 3. The highest BCUT2D eigenvalue weighted by atomic mass is 16.3. The average Bonchev–Trinajstić information content (AvgIpc) is 3.00. The zero-order valence-corrected chi connectivity index (χ0v) is 24.5. The smallest absolute Gasteiger partial charge is 0.255 e. The lowest BCUT2D eigenvalue weighted by Crippen LogP contribution is -2.57. The molecule has 0 bridgehead atoms. The summed E-state index contributed by atoms with van der Waals surface area (Å²) in [6, 6.07) is 20.1. The van der Waals surface area contributed by atoms with E-state index in [1.807, 2.05) is 12.1 Å². The van der Waals surface area contributed by atoms with E-state index < -0.39 is 52.0 Å². The number of rotatable bonds is 7. The summed E-state index contributed by atoms with van der Waals surface area (Å²) in [4.78, 5) is 38.8. The Morgan fingerprint density at radius 1 is 0.886 bits per heavy atom. The van der Waals surface area contributed by atoms with Crippen LogP contribution in [0.4, 0.5) is 0 Å². The standard InChI is InChI=1S/C36H35NO7/c1-2-19-6-8-20(9-7-19)4-3-5-21-10-12-22(13-11-21)25-14-15-27(38)30-26(25)17-23-16-24-18-28(39)31(35(37)43)34(42)36(24,44)33(41)29(23)32(30)40/h6-15,23-24,38-39,41,44H,2-5,16-18H2,1H3,(H2,37,43)/t23-,24+,36+/m1/s1. The first-order valence-electron chi connectivity index (χ1n) is 15.0. The normalized spacial score (nSPS) is 22.9. The van der Waals surface area contributed by atoms with Gasteiger partial charge in [-0.05, 0) is 83.9 Å². The number of aliphatic hydroxyl groups is 3. The van der Waals surface area contributed by atoms with Crippen LogP contribution in [0.1, 0.15) is 58.8 Å². The molecule has 0 heterocycles. The maximum Gasteiger partial charge on any atom is 0.255 e. The van der Waals surface area contributed by atoms with Crippen molar-refractivity contribution in [2.75, 3.05) is 0 Å². The number of phenolic OH excluding ortho intramolecular Hbond substituents is 1. The molecular weight excluding hydrogens is 558 g/mol. The van der Waals surface area contributed by atoms with Crippen LogP contribution in [0.15, 0.2) is 83.3 Å². The highest BCUT2D eigenvalue weighted by Gasteiger charge is 2.59. The van der Waals surface area contributed by atoms with Crippen molar-refractivity contribution in [1.82, 2.24) is 0 Å². The van der Waals surface area contributed by atoms with E-state index in [-0.39, 0.29) is 36.1 Å². The van der Waals surface area contributed by atoms with E-state index in [4.69, 9.17) is 5.73 Å². The second-order valence-electron chi connectivity index (χ2n) is 12.1. The van der Waals surface area contributed by atoms with Crippen molar-refractivity contribution in [2.45, 2.75) is 57.5 Å². The van der Waals surface area contributed by atoms with Gasteiger partial charge in [-0.15, -0.1) is 0 Å². The van der Waals surface area contributed by atoms with Gasteiger partial charge in [-0.1, -0.05) is 61.5 Å². The van der Waals surface area contributed by atoms with Crippen LogP contribution >= 0.6 is 0 Å². The Kier molecular flexibility index (Phi) is 7.41. The second-order valence-corrected chi connectivity index (χ2v) is 12.1. The van der Waals surface area contributed by atoms with Crippen molar-refractivity contribution in [3.63, 3.8) is 0 Å². The summed E-state index contributed by atoms with van der Waals surface area (Å²) < 4.78 is 0. The molecule has 0 aromatic heterocycles. The maximum absolute atomic E-state index is 13.8. The summed E-state index contributed by atoms with van der Waals surface area (Å²) in [5, 5.41) is 43.8. The van der Waals surface area contributed by atoms with Crippen LogP contribution in [0.25, 0.3) is 11.1 Å². The van der Waals surface area contributed by atoms with Gasteiger partial charge in [0.1, 0.15) is 22.8 Å². The summed E-state index contributed by atoms with van der Waals surface area (Å²) in [5.74, 6) is -6.34. The molecule has 6 N–H and O–H groups in total. The van der Waals surface area contributed by atoms with Crippen molar-refractivity contribution >= 4 is 17.5 Å². The Labute approximate surface area is 255 Å². The number of amides is 1. The highest BCUT2D eigenvalue weighted by molar-refractivity contribution is 6.24. The van der Waals surface area contributed by atoms with Gasteiger partial charge in [-0.25, -0.2) is 0 Å².